The largest absolute Gasteiger partial charge is 0.317 e. The second-order valence-corrected chi connectivity index (χ2v) is 4.14. The van der Waals surface area contributed by atoms with Crippen molar-refractivity contribution in [2.45, 2.75) is 19.4 Å². The molecule has 0 aliphatic heterocycles. The second kappa shape index (κ2) is 4.21. The summed E-state index contributed by atoms with van der Waals surface area (Å²) < 4.78 is 2.07. The van der Waals surface area contributed by atoms with E-state index in [4.69, 9.17) is 11.6 Å². The van der Waals surface area contributed by atoms with Crippen LogP contribution in [-0.2, 0) is 6.42 Å². The molecule has 2 rings (SSSR count). The molecular formula is C11H14ClN3. The third-order valence-electron chi connectivity index (χ3n) is 2.55. The molecule has 0 bridgehead atoms. The normalized spacial score (nSPS) is 13.3. The van der Waals surface area contributed by atoms with Crippen LogP contribution in [0.25, 0.3) is 5.52 Å². The maximum absolute atomic E-state index is 5.91. The van der Waals surface area contributed by atoms with Crippen molar-refractivity contribution < 1.29 is 0 Å². The van der Waals surface area contributed by atoms with Crippen LogP contribution in [0.4, 0.5) is 0 Å². The van der Waals surface area contributed by atoms with Gasteiger partial charge in [-0.1, -0.05) is 11.6 Å². The summed E-state index contributed by atoms with van der Waals surface area (Å²) in [6.07, 6.45) is 4.72. The number of rotatable bonds is 3. The molecular weight excluding hydrogens is 210 g/mol. The number of fused-ring (bicyclic) bond motifs is 1. The fraction of sp³-hybridized carbons (Fsp3) is 0.364. The van der Waals surface area contributed by atoms with Gasteiger partial charge in [0.1, 0.15) is 5.82 Å². The lowest BCUT2D eigenvalue weighted by molar-refractivity contribution is 0.590. The van der Waals surface area contributed by atoms with Crippen LogP contribution in [0.15, 0.2) is 24.5 Å². The predicted octanol–water partition coefficient (Wildman–Crippen LogP) is 2.14. The SMILES string of the molecule is CNC(C)Cc1ncc2cc(Cl)ccn12. The van der Waals surface area contributed by atoms with Gasteiger partial charge in [-0.05, 0) is 26.1 Å². The Hall–Kier alpha value is -1.06. The summed E-state index contributed by atoms with van der Waals surface area (Å²) in [6.45, 7) is 2.14. The number of imidazole rings is 1. The van der Waals surface area contributed by atoms with Crippen LogP contribution in [0, 0.1) is 0 Å². The molecule has 15 heavy (non-hydrogen) atoms. The maximum atomic E-state index is 5.91. The Balaban J connectivity index is 2.36. The van der Waals surface area contributed by atoms with Gasteiger partial charge in [-0.2, -0.15) is 0 Å². The van der Waals surface area contributed by atoms with Crippen LogP contribution < -0.4 is 5.32 Å². The minimum absolute atomic E-state index is 0.422. The third-order valence-corrected chi connectivity index (χ3v) is 2.79. The summed E-state index contributed by atoms with van der Waals surface area (Å²) in [5, 5.41) is 3.95. The zero-order valence-electron chi connectivity index (χ0n) is 8.87. The first-order valence-electron chi connectivity index (χ1n) is 4.99. The van der Waals surface area contributed by atoms with Gasteiger partial charge in [0.05, 0.1) is 11.7 Å². The zero-order chi connectivity index (χ0) is 10.8. The van der Waals surface area contributed by atoms with Crippen LogP contribution in [0.5, 0.6) is 0 Å². The molecule has 0 aliphatic carbocycles. The molecule has 2 aromatic heterocycles. The van der Waals surface area contributed by atoms with Crippen LogP contribution >= 0.6 is 11.6 Å². The summed E-state index contributed by atoms with van der Waals surface area (Å²) in [5.41, 5.74) is 1.04. The molecule has 0 aliphatic rings. The Morgan fingerprint density at radius 3 is 3.13 bits per heavy atom. The number of pyridine rings is 1. The molecule has 1 N–H and O–H groups in total. The van der Waals surface area contributed by atoms with E-state index in [1.807, 2.05) is 31.6 Å². The molecule has 3 nitrogen and oxygen atoms in total. The molecule has 1 atom stereocenters. The topological polar surface area (TPSA) is 29.3 Å². The van der Waals surface area contributed by atoms with Crippen molar-refractivity contribution >= 4 is 17.1 Å². The Morgan fingerprint density at radius 2 is 2.40 bits per heavy atom. The van der Waals surface area contributed by atoms with Crippen molar-refractivity contribution in [3.63, 3.8) is 0 Å². The third kappa shape index (κ3) is 2.13. The lowest BCUT2D eigenvalue weighted by Gasteiger charge is -2.08. The number of halogens is 1. The lowest BCUT2D eigenvalue weighted by Crippen LogP contribution is -2.24. The highest BCUT2D eigenvalue weighted by atomic mass is 35.5. The molecule has 0 saturated carbocycles. The fourth-order valence-corrected chi connectivity index (χ4v) is 1.72. The first kappa shape index (κ1) is 10.5. The smallest absolute Gasteiger partial charge is 0.114 e. The Labute approximate surface area is 94.1 Å². The predicted molar refractivity (Wildman–Crippen MR) is 62.4 cm³/mol. The number of nitrogens with one attached hydrogen (secondary N) is 1. The lowest BCUT2D eigenvalue weighted by atomic mass is 10.2. The van der Waals surface area contributed by atoms with Crippen molar-refractivity contribution in [3.8, 4) is 0 Å². The molecule has 0 radical (unpaired) electrons. The van der Waals surface area contributed by atoms with Crippen molar-refractivity contribution in [1.82, 2.24) is 14.7 Å². The van der Waals surface area contributed by atoms with Gasteiger partial charge in [0.2, 0.25) is 0 Å². The Morgan fingerprint density at radius 1 is 1.60 bits per heavy atom. The van der Waals surface area contributed by atoms with Gasteiger partial charge in [-0.3, -0.25) is 0 Å². The minimum Gasteiger partial charge on any atom is -0.317 e. The number of hydrogen-bond donors (Lipinski definition) is 1. The highest BCUT2D eigenvalue weighted by Gasteiger charge is 2.07. The highest BCUT2D eigenvalue weighted by molar-refractivity contribution is 6.30. The van der Waals surface area contributed by atoms with Crippen molar-refractivity contribution in [3.05, 3.63) is 35.4 Å². The van der Waals surface area contributed by atoms with Crippen molar-refractivity contribution in [2.24, 2.45) is 0 Å². The molecule has 0 fully saturated rings. The zero-order valence-corrected chi connectivity index (χ0v) is 9.62. The van der Waals surface area contributed by atoms with E-state index in [2.05, 4.69) is 21.6 Å². The summed E-state index contributed by atoms with van der Waals surface area (Å²) in [7, 11) is 1.96. The van der Waals surface area contributed by atoms with E-state index < -0.39 is 0 Å². The average molecular weight is 224 g/mol. The van der Waals surface area contributed by atoms with Gasteiger partial charge in [0.25, 0.3) is 0 Å². The summed E-state index contributed by atoms with van der Waals surface area (Å²) in [4.78, 5) is 4.39. The van der Waals surface area contributed by atoms with Gasteiger partial charge in [0, 0.05) is 23.7 Å². The van der Waals surface area contributed by atoms with E-state index in [0.717, 1.165) is 22.8 Å². The van der Waals surface area contributed by atoms with Gasteiger partial charge in [0.15, 0.2) is 0 Å². The van der Waals surface area contributed by atoms with Crippen LogP contribution in [-0.4, -0.2) is 22.5 Å². The van der Waals surface area contributed by atoms with E-state index in [1.54, 1.807) is 0 Å². The monoisotopic (exact) mass is 223 g/mol. The molecule has 4 heteroatoms. The van der Waals surface area contributed by atoms with E-state index in [0.29, 0.717) is 6.04 Å². The van der Waals surface area contributed by atoms with Gasteiger partial charge in [-0.15, -0.1) is 0 Å². The molecule has 2 aromatic rings. The quantitative estimate of drug-likeness (QED) is 0.864. The van der Waals surface area contributed by atoms with Gasteiger partial charge >= 0.3 is 0 Å². The van der Waals surface area contributed by atoms with Crippen LogP contribution in [0.3, 0.4) is 0 Å². The molecule has 2 heterocycles. The molecule has 0 aromatic carbocycles. The number of likely N-dealkylation sites (N-methyl/N-ethyl adjacent to an activating group) is 1. The van der Waals surface area contributed by atoms with E-state index in [1.165, 1.54) is 0 Å². The summed E-state index contributed by atoms with van der Waals surface area (Å²) >= 11 is 5.91. The Bertz CT molecular complexity index is 464. The molecule has 80 valence electrons. The van der Waals surface area contributed by atoms with E-state index in [9.17, 15) is 0 Å². The first-order chi connectivity index (χ1) is 7.20. The molecule has 0 spiro atoms. The van der Waals surface area contributed by atoms with Crippen molar-refractivity contribution in [2.75, 3.05) is 7.05 Å². The van der Waals surface area contributed by atoms with Gasteiger partial charge in [-0.25, -0.2) is 4.98 Å². The van der Waals surface area contributed by atoms with Crippen molar-refractivity contribution in [1.29, 1.82) is 0 Å². The van der Waals surface area contributed by atoms with E-state index >= 15 is 0 Å². The number of nitrogens with zero attached hydrogens (tertiary/aromatic N) is 2. The average Bonchev–Trinajstić information content (AvgIpc) is 2.60. The fourth-order valence-electron chi connectivity index (χ4n) is 1.56. The maximum Gasteiger partial charge on any atom is 0.114 e. The molecule has 0 amide bonds. The standard InChI is InChI=1S/C11H14ClN3/c1-8(13-2)5-11-14-7-10-6-9(12)3-4-15(10)11/h3-4,6-8,13H,5H2,1-2H3. The summed E-state index contributed by atoms with van der Waals surface area (Å²) in [6, 6.07) is 4.22. The molecule has 0 saturated heterocycles. The highest BCUT2D eigenvalue weighted by Crippen LogP contribution is 2.14. The van der Waals surface area contributed by atoms with E-state index in [-0.39, 0.29) is 0 Å². The second-order valence-electron chi connectivity index (χ2n) is 3.71. The summed E-state index contributed by atoms with van der Waals surface area (Å²) in [5.74, 6) is 1.06. The van der Waals surface area contributed by atoms with Crippen LogP contribution in [0.1, 0.15) is 12.7 Å². The minimum atomic E-state index is 0.422. The Kier molecular flexibility index (Phi) is 2.93. The molecule has 1 unspecified atom stereocenters. The number of hydrogen-bond acceptors (Lipinski definition) is 2. The van der Waals surface area contributed by atoms with Crippen LogP contribution in [0.2, 0.25) is 5.02 Å². The first-order valence-corrected chi connectivity index (χ1v) is 5.37. The number of aromatic nitrogens is 2. The van der Waals surface area contributed by atoms with Gasteiger partial charge < -0.3 is 9.72 Å².